The van der Waals surface area contributed by atoms with Gasteiger partial charge in [0, 0.05) is 0 Å². The molecule has 0 saturated carbocycles. The normalized spacial score (nSPS) is 16.1. The summed E-state index contributed by atoms with van der Waals surface area (Å²) in [6.45, 7) is 2.56. The molecule has 0 heterocycles. The maximum absolute atomic E-state index is 12.3. The van der Waals surface area contributed by atoms with Gasteiger partial charge >= 0.3 is 12.4 Å². The van der Waals surface area contributed by atoms with Gasteiger partial charge in [-0.05, 0) is 13.3 Å². The van der Waals surface area contributed by atoms with Gasteiger partial charge in [0.2, 0.25) is 11.8 Å². The molecule has 0 aliphatic carbocycles. The molecule has 1 amide bonds. The Morgan fingerprint density at radius 1 is 1.21 bits per heavy atom. The van der Waals surface area contributed by atoms with Crippen LogP contribution in [0.1, 0.15) is 20.3 Å². The van der Waals surface area contributed by atoms with Gasteiger partial charge in [-0.1, -0.05) is 19.1 Å². The van der Waals surface area contributed by atoms with Gasteiger partial charge in [-0.15, -0.1) is 0 Å². The minimum Gasteiger partial charge on any atom is -0.391 e. The summed E-state index contributed by atoms with van der Waals surface area (Å²) in [6, 6.07) is 0. The predicted molar refractivity (Wildman–Crippen MR) is 59.2 cm³/mol. The third kappa shape index (κ3) is 4.51. The van der Waals surface area contributed by atoms with Crippen LogP contribution in [0.2, 0.25) is 0 Å². The number of hydrogen-bond donors (Lipinski definition) is 2. The number of carbonyl (C=O) groups excluding carboxylic acids is 1. The first-order valence-electron chi connectivity index (χ1n) is 5.01. The Balaban J connectivity index is 5.32. The second-order valence-corrected chi connectivity index (χ2v) is 4.50. The fourth-order valence-corrected chi connectivity index (χ4v) is 1.35. The molecule has 0 aromatic carbocycles. The molecule has 1 atom stereocenters. The fraction of sp³-hybridized carbons (Fsp3) is 0.778. The predicted octanol–water partition coefficient (Wildman–Crippen LogP) is 2.30. The van der Waals surface area contributed by atoms with Crippen molar-refractivity contribution in [1.29, 1.82) is 0 Å². The molecule has 0 aromatic heterocycles. The van der Waals surface area contributed by atoms with Crippen molar-refractivity contribution >= 4 is 23.1 Å². The summed E-state index contributed by atoms with van der Waals surface area (Å²) in [7, 11) is 0. The number of nitrogens with two attached hydrogens (primary N) is 1. The van der Waals surface area contributed by atoms with E-state index in [0.717, 1.165) is 6.92 Å². The maximum atomic E-state index is 12.3. The largest absolute Gasteiger partial charge is 0.409 e. The Morgan fingerprint density at radius 3 is 1.79 bits per heavy atom. The minimum absolute atomic E-state index is 0.0451. The smallest absolute Gasteiger partial charge is 0.391 e. The lowest BCUT2D eigenvalue weighted by molar-refractivity contribution is -0.274. The number of thiocarbonyl (C=S) groups is 1. The quantitative estimate of drug-likeness (QED) is 0.619. The van der Waals surface area contributed by atoms with Gasteiger partial charge in [0.25, 0.3) is 0 Å². The Hall–Kier alpha value is -1.06. The standard InChI is InChI=1S/C9H12F6N2OS/c1-3-7(2,6(16)19)17-5(18)4(8(10,11)12)9(13,14)15/h4H,3H2,1-2H3,(H2,16,19)(H,17,18). The zero-order chi connectivity index (χ0) is 15.6. The van der Waals surface area contributed by atoms with E-state index in [2.05, 4.69) is 12.2 Å². The van der Waals surface area contributed by atoms with E-state index < -0.39 is 34.7 Å². The summed E-state index contributed by atoms with van der Waals surface area (Å²) in [5, 5.41) is 1.61. The number of carbonyl (C=O) groups is 1. The summed E-state index contributed by atoms with van der Waals surface area (Å²) in [4.78, 5) is 10.9. The highest BCUT2D eigenvalue weighted by molar-refractivity contribution is 7.80. The van der Waals surface area contributed by atoms with Crippen LogP contribution in [0, 0.1) is 5.92 Å². The van der Waals surface area contributed by atoms with E-state index in [9.17, 15) is 31.1 Å². The Labute approximate surface area is 110 Å². The summed E-state index contributed by atoms with van der Waals surface area (Å²) in [6.07, 6.45) is -11.5. The molecule has 0 saturated heterocycles. The molecule has 0 radical (unpaired) electrons. The number of rotatable bonds is 4. The molecule has 0 rings (SSSR count). The summed E-state index contributed by atoms with van der Waals surface area (Å²) >= 11 is 4.52. The SMILES string of the molecule is CCC(C)(NC(=O)C(C(F)(F)F)C(F)(F)F)C(N)=S. The number of halogens is 6. The molecule has 0 bridgehead atoms. The van der Waals surface area contributed by atoms with Crippen molar-refractivity contribution in [3.63, 3.8) is 0 Å². The second kappa shape index (κ2) is 5.51. The van der Waals surface area contributed by atoms with Crippen LogP contribution in [0.5, 0.6) is 0 Å². The highest BCUT2D eigenvalue weighted by atomic mass is 32.1. The van der Waals surface area contributed by atoms with Crippen LogP contribution in [0.15, 0.2) is 0 Å². The van der Waals surface area contributed by atoms with Crippen molar-refractivity contribution in [3.05, 3.63) is 0 Å². The van der Waals surface area contributed by atoms with Crippen LogP contribution >= 0.6 is 12.2 Å². The third-order valence-electron chi connectivity index (χ3n) is 2.57. The van der Waals surface area contributed by atoms with E-state index in [0.29, 0.717) is 0 Å². The number of nitrogens with one attached hydrogen (secondary N) is 1. The minimum atomic E-state index is -5.74. The van der Waals surface area contributed by atoms with Crippen LogP contribution in [0.25, 0.3) is 0 Å². The molecular weight excluding hydrogens is 298 g/mol. The van der Waals surface area contributed by atoms with Gasteiger partial charge in [0.15, 0.2) is 0 Å². The average Bonchev–Trinajstić information content (AvgIpc) is 2.11. The van der Waals surface area contributed by atoms with Crippen LogP contribution in [-0.4, -0.2) is 28.8 Å². The monoisotopic (exact) mass is 310 g/mol. The van der Waals surface area contributed by atoms with E-state index >= 15 is 0 Å². The van der Waals surface area contributed by atoms with Gasteiger partial charge in [-0.3, -0.25) is 4.79 Å². The van der Waals surface area contributed by atoms with Crippen LogP contribution in [0.4, 0.5) is 26.3 Å². The van der Waals surface area contributed by atoms with E-state index in [-0.39, 0.29) is 6.42 Å². The average molecular weight is 310 g/mol. The zero-order valence-electron chi connectivity index (χ0n) is 9.95. The summed E-state index contributed by atoms with van der Waals surface area (Å²) in [5.74, 6) is -6.34. The van der Waals surface area contributed by atoms with E-state index in [1.165, 1.54) is 6.92 Å². The molecule has 3 nitrogen and oxygen atoms in total. The summed E-state index contributed by atoms with van der Waals surface area (Å²) in [5.41, 5.74) is 3.59. The number of amides is 1. The lowest BCUT2D eigenvalue weighted by Gasteiger charge is -2.31. The van der Waals surface area contributed by atoms with E-state index in [4.69, 9.17) is 5.73 Å². The van der Waals surface area contributed by atoms with E-state index in [1.807, 2.05) is 0 Å². The van der Waals surface area contributed by atoms with Gasteiger partial charge in [0.05, 0.1) is 10.5 Å². The van der Waals surface area contributed by atoms with E-state index in [1.54, 1.807) is 5.32 Å². The Morgan fingerprint density at radius 2 is 1.58 bits per heavy atom. The number of alkyl halides is 6. The molecule has 3 N–H and O–H groups in total. The molecule has 19 heavy (non-hydrogen) atoms. The summed E-state index contributed by atoms with van der Waals surface area (Å²) < 4.78 is 73.8. The molecule has 10 heteroatoms. The first kappa shape index (κ1) is 17.9. The van der Waals surface area contributed by atoms with Gasteiger partial charge in [-0.2, -0.15) is 26.3 Å². The van der Waals surface area contributed by atoms with Crippen molar-refractivity contribution in [3.8, 4) is 0 Å². The molecule has 0 aromatic rings. The molecule has 0 spiro atoms. The van der Waals surface area contributed by atoms with Gasteiger partial charge < -0.3 is 11.1 Å². The Kier molecular flexibility index (Phi) is 5.21. The zero-order valence-corrected chi connectivity index (χ0v) is 10.8. The van der Waals surface area contributed by atoms with Crippen molar-refractivity contribution in [2.75, 3.05) is 0 Å². The van der Waals surface area contributed by atoms with Crippen molar-refractivity contribution in [2.45, 2.75) is 38.2 Å². The van der Waals surface area contributed by atoms with Crippen molar-refractivity contribution in [1.82, 2.24) is 5.32 Å². The molecule has 0 aliphatic heterocycles. The molecular formula is C9H12F6N2OS. The van der Waals surface area contributed by atoms with Crippen molar-refractivity contribution < 1.29 is 31.1 Å². The van der Waals surface area contributed by atoms with Gasteiger partial charge in [0.1, 0.15) is 0 Å². The topological polar surface area (TPSA) is 55.1 Å². The van der Waals surface area contributed by atoms with Gasteiger partial charge in [-0.25, -0.2) is 0 Å². The molecule has 1 unspecified atom stereocenters. The maximum Gasteiger partial charge on any atom is 0.409 e. The fourth-order valence-electron chi connectivity index (χ4n) is 1.15. The number of hydrogen-bond acceptors (Lipinski definition) is 2. The lowest BCUT2D eigenvalue weighted by Crippen LogP contribution is -2.59. The molecule has 0 aliphatic rings. The highest BCUT2D eigenvalue weighted by Crippen LogP contribution is 2.39. The lowest BCUT2D eigenvalue weighted by atomic mass is 9.97. The third-order valence-corrected chi connectivity index (χ3v) is 3.02. The molecule has 0 fully saturated rings. The second-order valence-electron chi connectivity index (χ2n) is 4.06. The first-order valence-corrected chi connectivity index (χ1v) is 5.42. The highest BCUT2D eigenvalue weighted by Gasteiger charge is 2.61. The first-order chi connectivity index (χ1) is 8.25. The van der Waals surface area contributed by atoms with Crippen molar-refractivity contribution in [2.24, 2.45) is 11.7 Å². The Bertz CT molecular complexity index is 353. The van der Waals surface area contributed by atoms with Crippen LogP contribution in [0.3, 0.4) is 0 Å². The molecule has 112 valence electrons. The van der Waals surface area contributed by atoms with Crippen LogP contribution in [-0.2, 0) is 4.79 Å². The van der Waals surface area contributed by atoms with Crippen LogP contribution < -0.4 is 11.1 Å².